The summed E-state index contributed by atoms with van der Waals surface area (Å²) in [5.74, 6) is -0.527. The van der Waals surface area contributed by atoms with Gasteiger partial charge in [-0.25, -0.2) is 9.37 Å². The molecule has 1 saturated heterocycles. The van der Waals surface area contributed by atoms with Crippen molar-refractivity contribution < 1.29 is 14.2 Å². The number of aliphatic hydroxyl groups is 1. The number of halogens is 2. The highest BCUT2D eigenvalue weighted by atomic mass is 35.5. The summed E-state index contributed by atoms with van der Waals surface area (Å²) < 4.78 is 22.8. The molecule has 4 aromatic rings. The smallest absolute Gasteiger partial charge is 0.251 e. The minimum absolute atomic E-state index is 0.0237. The van der Waals surface area contributed by atoms with Crippen molar-refractivity contribution in [3.63, 3.8) is 0 Å². The van der Waals surface area contributed by atoms with E-state index in [4.69, 9.17) is 16.3 Å². The predicted octanol–water partition coefficient (Wildman–Crippen LogP) is 3.60. The number of hydrogen-bond donors (Lipinski definition) is 2. The van der Waals surface area contributed by atoms with E-state index >= 15 is 0 Å². The van der Waals surface area contributed by atoms with Gasteiger partial charge in [-0.1, -0.05) is 36.5 Å². The van der Waals surface area contributed by atoms with Crippen LogP contribution in [0, 0.1) is 5.82 Å². The van der Waals surface area contributed by atoms with E-state index in [1.165, 1.54) is 16.7 Å². The van der Waals surface area contributed by atoms with Gasteiger partial charge in [0, 0.05) is 48.1 Å². The van der Waals surface area contributed by atoms with Gasteiger partial charge in [-0.2, -0.15) is 0 Å². The average molecular weight is 501 g/mol. The fourth-order valence-electron chi connectivity index (χ4n) is 4.17. The van der Waals surface area contributed by atoms with Gasteiger partial charge in [0.15, 0.2) is 5.65 Å². The number of anilines is 1. The van der Waals surface area contributed by atoms with E-state index in [9.17, 15) is 14.3 Å². The molecule has 3 aromatic heterocycles. The monoisotopic (exact) mass is 500 g/mol. The number of thiol groups is 1. The van der Waals surface area contributed by atoms with Crippen molar-refractivity contribution in [2.75, 3.05) is 31.2 Å². The standard InChI is InChI=1S/C24H22ClFN4O3S/c25-21-3-1-2-16(23(21)26)11-29-5-4-15(8-22(29)32)20-13-30(34)24-19(20)9-17(10-27-24)28-6-7-33-14-18(31)12-28/h1-5,8-10,13,18,31,34H,6-7,11-12,14H2. The SMILES string of the molecule is O=c1cc(-c2cn(S)c3ncc(N4CCOCC(O)C4)cc23)ccn1Cc1cccc(Cl)c1F. The number of β-amino-alcohol motifs (C(OH)–C–C–N with tert-alkyl or cyclic N) is 1. The molecule has 1 aliphatic rings. The number of fused-ring (bicyclic) bond motifs is 1. The van der Waals surface area contributed by atoms with E-state index in [0.717, 1.165) is 16.6 Å². The molecule has 1 atom stereocenters. The van der Waals surface area contributed by atoms with Crippen LogP contribution in [0.15, 0.2) is 59.8 Å². The maximum absolute atomic E-state index is 14.3. The van der Waals surface area contributed by atoms with Gasteiger partial charge in [-0.05, 0) is 23.8 Å². The minimum atomic E-state index is -0.580. The second-order valence-corrected chi connectivity index (χ2v) is 9.06. The van der Waals surface area contributed by atoms with Crippen molar-refractivity contribution in [3.8, 4) is 11.1 Å². The first-order chi connectivity index (χ1) is 16.4. The van der Waals surface area contributed by atoms with Gasteiger partial charge in [0.2, 0.25) is 0 Å². The molecule has 0 radical (unpaired) electrons. The molecule has 0 spiro atoms. The van der Waals surface area contributed by atoms with Crippen LogP contribution in [0.1, 0.15) is 5.56 Å². The quantitative estimate of drug-likeness (QED) is 0.419. The fraction of sp³-hybridized carbons (Fsp3) is 0.250. The molecular formula is C24H22ClFN4O3S. The predicted molar refractivity (Wildman–Crippen MR) is 133 cm³/mol. The number of nitrogens with zero attached hydrogens (tertiary/aromatic N) is 4. The first-order valence-electron chi connectivity index (χ1n) is 10.8. The van der Waals surface area contributed by atoms with Gasteiger partial charge in [-0.15, -0.1) is 0 Å². The Morgan fingerprint density at radius 1 is 1.29 bits per heavy atom. The zero-order valence-electron chi connectivity index (χ0n) is 18.1. The van der Waals surface area contributed by atoms with Crippen molar-refractivity contribution in [3.05, 3.63) is 81.7 Å². The number of rotatable bonds is 4. The van der Waals surface area contributed by atoms with Gasteiger partial charge in [-0.3, -0.25) is 8.77 Å². The molecule has 10 heteroatoms. The minimum Gasteiger partial charge on any atom is -0.389 e. The van der Waals surface area contributed by atoms with Crippen LogP contribution in [-0.4, -0.2) is 51.0 Å². The lowest BCUT2D eigenvalue weighted by molar-refractivity contribution is 0.0597. The first kappa shape index (κ1) is 22.9. The second-order valence-electron chi connectivity index (χ2n) is 8.22. The highest BCUT2D eigenvalue weighted by molar-refractivity contribution is 7.78. The number of aliphatic hydroxyl groups excluding tert-OH is 1. The van der Waals surface area contributed by atoms with Gasteiger partial charge in [0.25, 0.3) is 5.56 Å². The van der Waals surface area contributed by atoms with Crippen LogP contribution >= 0.6 is 24.4 Å². The highest BCUT2D eigenvalue weighted by Crippen LogP contribution is 2.32. The number of benzene rings is 1. The summed E-state index contributed by atoms with van der Waals surface area (Å²) in [6, 6.07) is 10.0. The van der Waals surface area contributed by atoms with E-state index in [1.807, 2.05) is 17.0 Å². The van der Waals surface area contributed by atoms with Crippen LogP contribution < -0.4 is 10.5 Å². The third kappa shape index (κ3) is 4.44. The summed E-state index contributed by atoms with van der Waals surface area (Å²) >= 11 is 10.4. The molecule has 1 aromatic carbocycles. The van der Waals surface area contributed by atoms with Gasteiger partial charge in [0.1, 0.15) is 5.82 Å². The normalized spacial score (nSPS) is 16.7. The Bertz CT molecular complexity index is 1420. The van der Waals surface area contributed by atoms with Crippen LogP contribution in [0.2, 0.25) is 5.02 Å². The fourth-order valence-corrected chi connectivity index (χ4v) is 4.64. The molecule has 7 nitrogen and oxygen atoms in total. The molecular weight excluding hydrogens is 479 g/mol. The lowest BCUT2D eigenvalue weighted by Crippen LogP contribution is -2.32. The molecule has 1 fully saturated rings. The number of aromatic nitrogens is 3. The highest BCUT2D eigenvalue weighted by Gasteiger charge is 2.19. The van der Waals surface area contributed by atoms with Crippen LogP contribution in [0.5, 0.6) is 0 Å². The Hall–Kier alpha value is -2.85. The summed E-state index contributed by atoms with van der Waals surface area (Å²) in [4.78, 5) is 19.4. The second kappa shape index (κ2) is 9.42. The van der Waals surface area contributed by atoms with Gasteiger partial charge >= 0.3 is 0 Å². The number of hydrogen-bond acceptors (Lipinski definition) is 6. The molecule has 176 valence electrons. The summed E-state index contributed by atoms with van der Waals surface area (Å²) in [7, 11) is 0. The molecule has 0 saturated carbocycles. The Kier molecular flexibility index (Phi) is 6.35. The lowest BCUT2D eigenvalue weighted by Gasteiger charge is -2.23. The van der Waals surface area contributed by atoms with Crippen LogP contribution in [-0.2, 0) is 11.3 Å². The molecule has 0 bridgehead atoms. The van der Waals surface area contributed by atoms with Crippen LogP contribution in [0.25, 0.3) is 22.2 Å². The third-order valence-corrected chi connectivity index (χ3v) is 6.50. The molecule has 4 heterocycles. The van der Waals surface area contributed by atoms with E-state index in [2.05, 4.69) is 17.8 Å². The van der Waals surface area contributed by atoms with Crippen LogP contribution in [0.3, 0.4) is 0 Å². The number of ether oxygens (including phenoxy) is 1. The number of pyridine rings is 2. The first-order valence-corrected chi connectivity index (χ1v) is 11.5. The maximum Gasteiger partial charge on any atom is 0.251 e. The molecule has 34 heavy (non-hydrogen) atoms. The summed E-state index contributed by atoms with van der Waals surface area (Å²) in [5, 5.41) is 10.9. The third-order valence-electron chi connectivity index (χ3n) is 5.90. The summed E-state index contributed by atoms with van der Waals surface area (Å²) in [5.41, 5.74) is 3.06. The lowest BCUT2D eigenvalue weighted by atomic mass is 10.1. The van der Waals surface area contributed by atoms with Gasteiger partial charge in [0.05, 0.1) is 42.8 Å². The van der Waals surface area contributed by atoms with Gasteiger partial charge < -0.3 is 19.3 Å². The Morgan fingerprint density at radius 2 is 2.15 bits per heavy atom. The maximum atomic E-state index is 14.3. The Morgan fingerprint density at radius 3 is 2.97 bits per heavy atom. The van der Waals surface area contributed by atoms with Crippen LogP contribution in [0.4, 0.5) is 10.1 Å². The molecule has 5 rings (SSSR count). The summed E-state index contributed by atoms with van der Waals surface area (Å²) in [6.07, 6.45) is 4.61. The van der Waals surface area contributed by atoms with Crippen molar-refractivity contribution in [1.29, 1.82) is 0 Å². The molecule has 1 unspecified atom stereocenters. The zero-order valence-corrected chi connectivity index (χ0v) is 19.7. The van der Waals surface area contributed by atoms with Crippen molar-refractivity contribution in [2.24, 2.45) is 0 Å². The average Bonchev–Trinajstić information content (AvgIpc) is 2.99. The van der Waals surface area contributed by atoms with E-state index in [-0.39, 0.29) is 17.1 Å². The van der Waals surface area contributed by atoms with Crippen molar-refractivity contribution >= 4 is 41.1 Å². The topological polar surface area (TPSA) is 72.5 Å². The largest absolute Gasteiger partial charge is 0.389 e. The van der Waals surface area contributed by atoms with Crippen molar-refractivity contribution in [1.82, 2.24) is 13.5 Å². The van der Waals surface area contributed by atoms with E-state index in [1.54, 1.807) is 34.7 Å². The zero-order chi connectivity index (χ0) is 23.8. The molecule has 0 amide bonds. The summed E-state index contributed by atoms with van der Waals surface area (Å²) in [6.45, 7) is 1.98. The Balaban J connectivity index is 1.50. The van der Waals surface area contributed by atoms with E-state index < -0.39 is 11.9 Å². The van der Waals surface area contributed by atoms with E-state index in [0.29, 0.717) is 43.1 Å². The van der Waals surface area contributed by atoms with Crippen molar-refractivity contribution in [2.45, 2.75) is 12.6 Å². The molecule has 1 N–H and O–H groups in total. The molecule has 1 aliphatic heterocycles. The molecule has 0 aliphatic carbocycles. The Labute approximate surface area is 205 Å².